The topological polar surface area (TPSA) is 43.7 Å². The van der Waals surface area contributed by atoms with Crippen LogP contribution in [0.15, 0.2) is 18.2 Å². The van der Waals surface area contributed by atoms with E-state index in [9.17, 15) is 10.2 Å². The number of phenolic OH excluding ortho intramolecular Hbond substituents is 1. The Morgan fingerprint density at radius 1 is 1.45 bits per heavy atom. The zero-order chi connectivity index (χ0) is 14.5. The first kappa shape index (κ1) is 13.9. The second kappa shape index (κ2) is 4.74. The van der Waals surface area contributed by atoms with Gasteiger partial charge in [-0.2, -0.15) is 0 Å². The van der Waals surface area contributed by atoms with E-state index in [-0.39, 0.29) is 11.5 Å². The van der Waals surface area contributed by atoms with E-state index < -0.39 is 0 Å². The van der Waals surface area contributed by atoms with Gasteiger partial charge in [0.15, 0.2) is 0 Å². The van der Waals surface area contributed by atoms with Crippen LogP contribution in [-0.4, -0.2) is 40.3 Å². The molecule has 1 aromatic carbocycles. The first-order valence-corrected chi connectivity index (χ1v) is 7.66. The standard InChI is InChI=1S/C17H25NO2/c1-11(19)10-18-7-6-17(3)12(2)16(18)8-13-4-5-14(20)9-15(13)17/h4-5,9,11-12,16,19-20H,6-8,10H2,1-3H3/t11-,12-,16-,17+/m1/s1. The summed E-state index contributed by atoms with van der Waals surface area (Å²) in [4.78, 5) is 2.45. The first-order chi connectivity index (χ1) is 9.41. The largest absolute Gasteiger partial charge is 0.508 e. The molecule has 0 aromatic heterocycles. The molecule has 0 spiro atoms. The minimum absolute atomic E-state index is 0.145. The van der Waals surface area contributed by atoms with Crippen molar-refractivity contribution >= 4 is 0 Å². The van der Waals surface area contributed by atoms with Crippen LogP contribution in [-0.2, 0) is 11.8 Å². The van der Waals surface area contributed by atoms with Gasteiger partial charge in [0, 0.05) is 12.6 Å². The molecule has 20 heavy (non-hydrogen) atoms. The van der Waals surface area contributed by atoms with Crippen molar-refractivity contribution in [2.24, 2.45) is 5.92 Å². The smallest absolute Gasteiger partial charge is 0.115 e. The maximum Gasteiger partial charge on any atom is 0.115 e. The lowest BCUT2D eigenvalue weighted by Crippen LogP contribution is -2.59. The predicted octanol–water partition coefficient (Wildman–Crippen LogP) is 2.30. The molecular formula is C17H25NO2. The van der Waals surface area contributed by atoms with Crippen LogP contribution in [0.25, 0.3) is 0 Å². The van der Waals surface area contributed by atoms with Gasteiger partial charge >= 0.3 is 0 Å². The summed E-state index contributed by atoms with van der Waals surface area (Å²) in [6.07, 6.45) is 1.85. The SMILES string of the molecule is C[C@@H]1[C@H]2Cc3ccc(O)cc3[C@@]1(C)CCN2C[C@@H](C)O. The number of aromatic hydroxyl groups is 1. The highest BCUT2D eigenvalue weighted by molar-refractivity contribution is 5.44. The molecule has 110 valence electrons. The zero-order valence-electron chi connectivity index (χ0n) is 12.6. The molecule has 1 aliphatic carbocycles. The van der Waals surface area contributed by atoms with Gasteiger partial charge in [-0.1, -0.05) is 19.9 Å². The molecule has 1 aliphatic heterocycles. The fourth-order valence-electron chi connectivity index (χ4n) is 4.26. The van der Waals surface area contributed by atoms with E-state index in [2.05, 4.69) is 24.8 Å². The van der Waals surface area contributed by atoms with Gasteiger partial charge in [0.25, 0.3) is 0 Å². The molecule has 0 amide bonds. The normalized spacial score (nSPS) is 34.6. The number of β-amino-alcohol motifs (C(OH)–C–C–N with tert-alkyl or cyclic N) is 1. The molecule has 0 unspecified atom stereocenters. The maximum absolute atomic E-state index is 9.81. The summed E-state index contributed by atoms with van der Waals surface area (Å²) in [5, 5.41) is 19.5. The molecule has 0 radical (unpaired) electrons. The van der Waals surface area contributed by atoms with E-state index in [4.69, 9.17) is 0 Å². The number of piperidine rings is 1. The molecule has 2 N–H and O–H groups in total. The third-order valence-corrected chi connectivity index (χ3v) is 5.61. The van der Waals surface area contributed by atoms with Crippen molar-refractivity contribution < 1.29 is 10.2 Å². The number of aliphatic hydroxyl groups excluding tert-OH is 1. The van der Waals surface area contributed by atoms with Gasteiger partial charge in [-0.25, -0.2) is 0 Å². The maximum atomic E-state index is 9.81. The molecule has 1 heterocycles. The molecule has 4 atom stereocenters. The second-order valence-electron chi connectivity index (χ2n) is 6.91. The lowest BCUT2D eigenvalue weighted by atomic mass is 9.59. The highest BCUT2D eigenvalue weighted by Crippen LogP contribution is 2.49. The lowest BCUT2D eigenvalue weighted by Gasteiger charge is -2.54. The highest BCUT2D eigenvalue weighted by Gasteiger charge is 2.48. The summed E-state index contributed by atoms with van der Waals surface area (Å²) in [5.41, 5.74) is 2.84. The Morgan fingerprint density at radius 3 is 2.90 bits per heavy atom. The lowest BCUT2D eigenvalue weighted by molar-refractivity contribution is 0.00490. The van der Waals surface area contributed by atoms with Gasteiger partial charge in [-0.15, -0.1) is 0 Å². The van der Waals surface area contributed by atoms with Crippen LogP contribution in [0.3, 0.4) is 0 Å². The van der Waals surface area contributed by atoms with E-state index in [0.717, 1.165) is 25.9 Å². The Bertz CT molecular complexity index is 514. The van der Waals surface area contributed by atoms with Crippen molar-refractivity contribution in [3.8, 4) is 5.75 Å². The molecule has 2 bridgehead atoms. The van der Waals surface area contributed by atoms with E-state index >= 15 is 0 Å². The number of rotatable bonds is 2. The Hall–Kier alpha value is -1.06. The van der Waals surface area contributed by atoms with Crippen molar-refractivity contribution in [3.63, 3.8) is 0 Å². The minimum atomic E-state index is -0.271. The summed E-state index contributed by atoms with van der Waals surface area (Å²) < 4.78 is 0. The van der Waals surface area contributed by atoms with Crippen molar-refractivity contribution in [2.75, 3.05) is 13.1 Å². The molecule has 3 rings (SSSR count). The van der Waals surface area contributed by atoms with Crippen LogP contribution in [0.1, 0.15) is 38.3 Å². The van der Waals surface area contributed by atoms with Gasteiger partial charge in [0.1, 0.15) is 5.75 Å². The number of nitrogens with zero attached hydrogens (tertiary/aromatic N) is 1. The van der Waals surface area contributed by atoms with Gasteiger partial charge < -0.3 is 10.2 Å². The molecule has 1 saturated heterocycles. The Morgan fingerprint density at radius 2 is 2.20 bits per heavy atom. The number of phenols is 1. The summed E-state index contributed by atoms with van der Waals surface area (Å²) >= 11 is 0. The fourth-order valence-corrected chi connectivity index (χ4v) is 4.26. The van der Waals surface area contributed by atoms with E-state index in [1.165, 1.54) is 11.1 Å². The zero-order valence-corrected chi connectivity index (χ0v) is 12.6. The molecule has 1 aromatic rings. The molecule has 1 fully saturated rings. The minimum Gasteiger partial charge on any atom is -0.508 e. The monoisotopic (exact) mass is 275 g/mol. The Kier molecular flexibility index (Phi) is 3.30. The van der Waals surface area contributed by atoms with Crippen LogP contribution >= 0.6 is 0 Å². The van der Waals surface area contributed by atoms with Crippen molar-refractivity contribution in [2.45, 2.75) is 51.2 Å². The molecule has 3 nitrogen and oxygen atoms in total. The van der Waals surface area contributed by atoms with Gasteiger partial charge in [-0.05, 0) is 60.9 Å². The number of likely N-dealkylation sites (tertiary alicyclic amines) is 1. The summed E-state index contributed by atoms with van der Waals surface area (Å²) in [6, 6.07) is 6.34. The Balaban J connectivity index is 1.99. The number of hydrogen-bond donors (Lipinski definition) is 2. The van der Waals surface area contributed by atoms with Gasteiger partial charge in [0.2, 0.25) is 0 Å². The number of hydrogen-bond acceptors (Lipinski definition) is 3. The third kappa shape index (κ3) is 2.04. The van der Waals surface area contributed by atoms with Crippen LogP contribution in [0.5, 0.6) is 5.75 Å². The summed E-state index contributed by atoms with van der Waals surface area (Å²) in [6.45, 7) is 8.32. The highest BCUT2D eigenvalue weighted by atomic mass is 16.3. The molecule has 0 saturated carbocycles. The second-order valence-corrected chi connectivity index (χ2v) is 6.91. The number of benzene rings is 1. The number of fused-ring (bicyclic) bond motifs is 4. The van der Waals surface area contributed by atoms with Gasteiger partial charge in [0.05, 0.1) is 6.10 Å². The molecular weight excluding hydrogens is 250 g/mol. The number of aliphatic hydroxyl groups is 1. The summed E-state index contributed by atoms with van der Waals surface area (Å²) in [5.74, 6) is 0.923. The van der Waals surface area contributed by atoms with Crippen LogP contribution in [0, 0.1) is 5.92 Å². The Labute approximate surface area is 121 Å². The first-order valence-electron chi connectivity index (χ1n) is 7.66. The van der Waals surface area contributed by atoms with Crippen molar-refractivity contribution in [1.82, 2.24) is 4.90 Å². The average molecular weight is 275 g/mol. The van der Waals surface area contributed by atoms with E-state index in [0.29, 0.717) is 17.7 Å². The fraction of sp³-hybridized carbons (Fsp3) is 0.647. The summed E-state index contributed by atoms with van der Waals surface area (Å²) in [7, 11) is 0. The van der Waals surface area contributed by atoms with Crippen LogP contribution < -0.4 is 0 Å². The molecule has 2 aliphatic rings. The van der Waals surface area contributed by atoms with Crippen LogP contribution in [0.2, 0.25) is 0 Å². The van der Waals surface area contributed by atoms with Crippen molar-refractivity contribution in [3.05, 3.63) is 29.3 Å². The van der Waals surface area contributed by atoms with E-state index in [1.54, 1.807) is 6.07 Å². The quantitative estimate of drug-likeness (QED) is 0.870. The third-order valence-electron chi connectivity index (χ3n) is 5.61. The average Bonchev–Trinajstić information content (AvgIpc) is 2.38. The molecule has 3 heteroatoms. The predicted molar refractivity (Wildman–Crippen MR) is 80.0 cm³/mol. The van der Waals surface area contributed by atoms with Crippen LogP contribution in [0.4, 0.5) is 0 Å². The van der Waals surface area contributed by atoms with Crippen molar-refractivity contribution in [1.29, 1.82) is 0 Å². The van der Waals surface area contributed by atoms with Gasteiger partial charge in [-0.3, -0.25) is 4.90 Å². The van der Waals surface area contributed by atoms with E-state index in [1.807, 2.05) is 13.0 Å².